The number of piperidine rings is 2. The standard InChI is InChI=1S/C22H27FN4O2.C13H15BrFNO.C9H13N3O/c1-16-4-5-17(13-19(16)23)15-27-8-2-3-20(22(27)29)25-9-11-26(12-10-25)21-7-6-18(28)14-24-21;1-9-4-5-10(7-12(9)15)8-16-6-2-3-11(14)13(16)17;13-8-1-2-9(11-7-8)12-5-3-10-4-6-12/h4-7,13-14,20,28H,2-3,8-12,15H2,1H3;4-5,7,11H,2-3,6,8H2,1H3;1-2,7,10,13H,3-6H2. The van der Waals surface area contributed by atoms with Gasteiger partial charge in [-0.1, -0.05) is 40.2 Å². The van der Waals surface area contributed by atoms with Crippen LogP contribution in [-0.2, 0) is 22.7 Å². The first-order chi connectivity index (χ1) is 28.4. The maximum atomic E-state index is 13.9. The molecule has 2 aromatic heterocycles. The molecule has 2 unspecified atom stereocenters. The Morgan fingerprint density at radius 3 is 1.64 bits per heavy atom. The minimum atomic E-state index is -0.220. The lowest BCUT2D eigenvalue weighted by molar-refractivity contribution is -0.141. The van der Waals surface area contributed by atoms with Crippen LogP contribution in [0.1, 0.15) is 47.9 Å². The Morgan fingerprint density at radius 1 is 0.661 bits per heavy atom. The minimum absolute atomic E-state index is 0.0773. The van der Waals surface area contributed by atoms with Crippen LogP contribution in [-0.4, -0.2) is 123 Å². The molecule has 0 saturated carbocycles. The van der Waals surface area contributed by atoms with Gasteiger partial charge in [-0.2, -0.15) is 0 Å². The van der Waals surface area contributed by atoms with E-state index >= 15 is 0 Å². The number of alkyl halides is 1. The zero-order valence-corrected chi connectivity index (χ0v) is 35.5. The van der Waals surface area contributed by atoms with E-state index in [1.165, 1.54) is 24.5 Å². The number of nitrogens with zero attached hydrogens (tertiary/aromatic N) is 7. The fourth-order valence-corrected chi connectivity index (χ4v) is 8.28. The molecular weight excluding hydrogens is 822 g/mol. The summed E-state index contributed by atoms with van der Waals surface area (Å²) in [5.41, 5.74) is 2.95. The number of carbonyl (C=O) groups is 2. The van der Waals surface area contributed by atoms with Crippen LogP contribution in [0.25, 0.3) is 0 Å². The maximum Gasteiger partial charge on any atom is 0.240 e. The highest BCUT2D eigenvalue weighted by Crippen LogP contribution is 2.24. The molecule has 2 atom stereocenters. The minimum Gasteiger partial charge on any atom is -0.506 e. The van der Waals surface area contributed by atoms with E-state index in [9.17, 15) is 23.5 Å². The highest BCUT2D eigenvalue weighted by molar-refractivity contribution is 9.10. The average molecular weight is 878 g/mol. The van der Waals surface area contributed by atoms with Crippen LogP contribution in [0.15, 0.2) is 73.1 Å². The van der Waals surface area contributed by atoms with Gasteiger partial charge in [0.15, 0.2) is 0 Å². The Morgan fingerprint density at radius 2 is 1.15 bits per heavy atom. The molecule has 4 fully saturated rings. The van der Waals surface area contributed by atoms with Crippen molar-refractivity contribution < 1.29 is 28.6 Å². The summed E-state index contributed by atoms with van der Waals surface area (Å²) in [6.45, 7) is 13.1. The summed E-state index contributed by atoms with van der Waals surface area (Å²) in [5, 5.41) is 21.7. The Kier molecular flexibility index (Phi) is 15.5. The normalized spacial score (nSPS) is 20.1. The SMILES string of the molecule is Cc1ccc(CN2CCCC(Br)C2=O)cc1F.Cc1ccc(CN2CCCC(N3CCN(c4ccc(O)cn4)CC3)C2=O)cc1F.Oc1ccc(N2CCNCC2)nc1. The molecule has 4 aromatic rings. The molecule has 0 aliphatic carbocycles. The molecule has 2 aromatic carbocycles. The molecule has 15 heteroatoms. The van der Waals surface area contributed by atoms with Crippen molar-refractivity contribution in [3.05, 3.63) is 107 Å². The van der Waals surface area contributed by atoms with Crippen molar-refractivity contribution in [2.24, 2.45) is 0 Å². The van der Waals surface area contributed by atoms with Crippen molar-refractivity contribution >= 4 is 39.4 Å². The number of carbonyl (C=O) groups excluding carboxylic acids is 2. The lowest BCUT2D eigenvalue weighted by Gasteiger charge is -2.42. The van der Waals surface area contributed by atoms with E-state index < -0.39 is 0 Å². The molecule has 4 aliphatic heterocycles. The van der Waals surface area contributed by atoms with Crippen LogP contribution in [0.5, 0.6) is 11.5 Å². The van der Waals surface area contributed by atoms with Gasteiger partial charge in [-0.05, 0) is 98.2 Å². The maximum absolute atomic E-state index is 13.9. The molecule has 3 N–H and O–H groups in total. The van der Waals surface area contributed by atoms with E-state index in [0.717, 1.165) is 114 Å². The number of halogens is 3. The molecule has 4 aliphatic rings. The highest BCUT2D eigenvalue weighted by atomic mass is 79.9. The van der Waals surface area contributed by atoms with Crippen LogP contribution in [0.3, 0.4) is 0 Å². The predicted molar refractivity (Wildman–Crippen MR) is 229 cm³/mol. The van der Waals surface area contributed by atoms with E-state index in [0.29, 0.717) is 24.2 Å². The van der Waals surface area contributed by atoms with Gasteiger partial charge < -0.3 is 35.1 Å². The van der Waals surface area contributed by atoms with Gasteiger partial charge in [-0.3, -0.25) is 14.5 Å². The molecule has 6 heterocycles. The predicted octanol–water partition coefficient (Wildman–Crippen LogP) is 5.76. The fourth-order valence-electron chi connectivity index (χ4n) is 7.66. The van der Waals surface area contributed by atoms with Gasteiger partial charge in [0.25, 0.3) is 0 Å². The topological polar surface area (TPSA) is 129 Å². The van der Waals surface area contributed by atoms with Gasteiger partial charge in [0.05, 0.1) is 23.3 Å². The Hall–Kier alpha value is -4.86. The molecule has 0 bridgehead atoms. The first-order valence-corrected chi connectivity index (χ1v) is 21.3. The zero-order valence-electron chi connectivity index (χ0n) is 33.9. The van der Waals surface area contributed by atoms with Gasteiger partial charge >= 0.3 is 0 Å². The van der Waals surface area contributed by atoms with Gasteiger partial charge in [0.2, 0.25) is 11.8 Å². The number of anilines is 2. The quantitative estimate of drug-likeness (QED) is 0.197. The number of hydrogen-bond acceptors (Lipinski definition) is 10. The summed E-state index contributed by atoms with van der Waals surface area (Å²) in [6, 6.07) is 17.2. The third-order valence-corrected chi connectivity index (χ3v) is 12.0. The van der Waals surface area contributed by atoms with Gasteiger partial charge in [0, 0.05) is 78.5 Å². The van der Waals surface area contributed by atoms with E-state index in [-0.39, 0.29) is 45.8 Å². The van der Waals surface area contributed by atoms with E-state index in [4.69, 9.17) is 5.11 Å². The second-order valence-corrected chi connectivity index (χ2v) is 16.6. The molecular formula is C44H55BrF2N8O4. The summed E-state index contributed by atoms with van der Waals surface area (Å²) in [6.07, 6.45) is 6.66. The second-order valence-electron chi connectivity index (χ2n) is 15.5. The number of aryl methyl sites for hydroxylation is 2. The number of hydrogen-bond donors (Lipinski definition) is 3. The van der Waals surface area contributed by atoms with Crippen LogP contribution in [0.2, 0.25) is 0 Å². The number of aromatic nitrogens is 2. The zero-order chi connectivity index (χ0) is 41.9. The average Bonchev–Trinajstić information content (AvgIpc) is 3.24. The van der Waals surface area contributed by atoms with Crippen molar-refractivity contribution in [1.82, 2.24) is 30.0 Å². The summed E-state index contributed by atoms with van der Waals surface area (Å²) in [7, 11) is 0. The number of piperazine rings is 2. The van der Waals surface area contributed by atoms with E-state index in [1.807, 2.05) is 29.2 Å². The van der Waals surface area contributed by atoms with Crippen molar-refractivity contribution in [3.8, 4) is 11.5 Å². The van der Waals surface area contributed by atoms with Crippen molar-refractivity contribution in [2.45, 2.75) is 63.5 Å². The first-order valence-electron chi connectivity index (χ1n) is 20.4. The Labute approximate surface area is 354 Å². The Balaban J connectivity index is 0.000000165. The van der Waals surface area contributed by atoms with Crippen molar-refractivity contribution in [3.63, 3.8) is 0 Å². The number of rotatable bonds is 7. The summed E-state index contributed by atoms with van der Waals surface area (Å²) < 4.78 is 27.3. The Bertz CT molecular complexity index is 2000. The van der Waals surface area contributed by atoms with Gasteiger partial charge in [-0.15, -0.1) is 0 Å². The largest absolute Gasteiger partial charge is 0.506 e. The first kappa shape index (κ1) is 43.7. The van der Waals surface area contributed by atoms with Crippen LogP contribution in [0.4, 0.5) is 20.4 Å². The third kappa shape index (κ3) is 12.1. The van der Waals surface area contributed by atoms with E-state index in [1.54, 1.807) is 43.0 Å². The second kappa shape index (κ2) is 20.9. The molecule has 2 amide bonds. The number of benzene rings is 2. The lowest BCUT2D eigenvalue weighted by atomic mass is 10.0. The lowest BCUT2D eigenvalue weighted by Crippen LogP contribution is -2.57. The summed E-state index contributed by atoms with van der Waals surface area (Å²) in [5.74, 6) is 2.00. The molecule has 59 heavy (non-hydrogen) atoms. The molecule has 8 rings (SSSR count). The third-order valence-electron chi connectivity index (χ3n) is 11.2. The number of likely N-dealkylation sites (tertiary alicyclic amines) is 2. The van der Waals surface area contributed by atoms with Gasteiger partial charge in [0.1, 0.15) is 34.8 Å². The number of amides is 2. The molecule has 4 saturated heterocycles. The van der Waals surface area contributed by atoms with Gasteiger partial charge in [-0.25, -0.2) is 18.7 Å². The number of pyridine rings is 2. The summed E-state index contributed by atoms with van der Waals surface area (Å²) >= 11 is 3.37. The summed E-state index contributed by atoms with van der Waals surface area (Å²) in [4.78, 5) is 43.6. The van der Waals surface area contributed by atoms with Crippen LogP contribution in [0, 0.1) is 25.5 Å². The highest BCUT2D eigenvalue weighted by Gasteiger charge is 2.35. The van der Waals surface area contributed by atoms with Crippen LogP contribution < -0.4 is 15.1 Å². The van der Waals surface area contributed by atoms with E-state index in [2.05, 4.69) is 45.9 Å². The molecule has 316 valence electrons. The molecule has 0 radical (unpaired) electrons. The molecule has 0 spiro atoms. The number of aromatic hydroxyl groups is 2. The van der Waals surface area contributed by atoms with Crippen molar-refractivity contribution in [1.29, 1.82) is 0 Å². The van der Waals surface area contributed by atoms with Crippen LogP contribution >= 0.6 is 15.9 Å². The smallest absolute Gasteiger partial charge is 0.240 e. The number of nitrogens with one attached hydrogen (secondary N) is 1. The molecule has 12 nitrogen and oxygen atoms in total. The monoisotopic (exact) mass is 876 g/mol. The van der Waals surface area contributed by atoms with Crippen molar-refractivity contribution in [2.75, 3.05) is 75.2 Å². The fraction of sp³-hybridized carbons (Fsp3) is 0.455.